The molecule has 1 fully saturated rings. The maximum absolute atomic E-state index is 13.1. The molecule has 0 radical (unpaired) electrons. The Balaban J connectivity index is 1.55. The van der Waals surface area contributed by atoms with E-state index in [4.69, 9.17) is 0 Å². The summed E-state index contributed by atoms with van der Waals surface area (Å²) in [6.45, 7) is 4.77. The molecule has 0 aliphatic carbocycles. The quantitative estimate of drug-likeness (QED) is 0.739. The van der Waals surface area contributed by atoms with Gasteiger partial charge in [-0.15, -0.1) is 0 Å². The number of para-hydroxylation sites is 1. The van der Waals surface area contributed by atoms with Gasteiger partial charge >= 0.3 is 0 Å². The largest absolute Gasteiger partial charge is 0.293 e. The minimum absolute atomic E-state index is 0.277. The number of rotatable bonds is 4. The van der Waals surface area contributed by atoms with Gasteiger partial charge in [-0.1, -0.05) is 12.1 Å². The van der Waals surface area contributed by atoms with E-state index in [-0.39, 0.29) is 4.90 Å². The van der Waals surface area contributed by atoms with Crippen molar-refractivity contribution in [2.45, 2.75) is 18.4 Å². The summed E-state index contributed by atoms with van der Waals surface area (Å²) in [7, 11) is -3.58. The summed E-state index contributed by atoms with van der Waals surface area (Å²) in [4.78, 5) is 10.9. The number of benzene rings is 1. The summed E-state index contributed by atoms with van der Waals surface area (Å²) in [5.41, 5.74) is 1.54. The Morgan fingerprint density at radius 3 is 2.69 bits per heavy atom. The molecular weight excluding hydrogens is 352 g/mol. The number of nitrogens with one attached hydrogen (secondary N) is 1. The van der Waals surface area contributed by atoms with E-state index in [0.717, 1.165) is 16.8 Å². The average molecular weight is 372 g/mol. The van der Waals surface area contributed by atoms with Crippen molar-refractivity contribution in [1.82, 2.24) is 29.4 Å². The predicted octanol–water partition coefficient (Wildman–Crippen LogP) is 1.17. The monoisotopic (exact) mass is 372 g/mol. The van der Waals surface area contributed by atoms with Crippen molar-refractivity contribution >= 4 is 20.9 Å². The molecular formula is C17H20N6O2S. The Morgan fingerprint density at radius 1 is 1.15 bits per heavy atom. The van der Waals surface area contributed by atoms with E-state index in [1.54, 1.807) is 22.6 Å². The molecule has 0 amide bonds. The fourth-order valence-corrected chi connectivity index (χ4v) is 4.82. The first-order valence-electron chi connectivity index (χ1n) is 8.46. The van der Waals surface area contributed by atoms with Crippen LogP contribution in [-0.2, 0) is 16.6 Å². The van der Waals surface area contributed by atoms with E-state index in [9.17, 15) is 8.42 Å². The van der Waals surface area contributed by atoms with E-state index in [0.29, 0.717) is 38.2 Å². The summed E-state index contributed by atoms with van der Waals surface area (Å²) in [5.74, 6) is 0.787. The van der Waals surface area contributed by atoms with Crippen LogP contribution in [0.5, 0.6) is 0 Å². The van der Waals surface area contributed by atoms with Crippen LogP contribution in [0.2, 0.25) is 0 Å². The molecule has 0 unspecified atom stereocenters. The Hall–Kier alpha value is -2.36. The van der Waals surface area contributed by atoms with Crippen molar-refractivity contribution in [2.24, 2.45) is 0 Å². The molecule has 9 heteroatoms. The number of H-pyrrole nitrogens is 1. The van der Waals surface area contributed by atoms with E-state index in [2.05, 4.69) is 25.1 Å². The van der Waals surface area contributed by atoms with Crippen LogP contribution in [0.4, 0.5) is 0 Å². The number of fused-ring (bicyclic) bond motifs is 1. The first kappa shape index (κ1) is 17.1. The number of aryl methyl sites for hydroxylation is 1. The maximum Gasteiger partial charge on any atom is 0.245 e. The van der Waals surface area contributed by atoms with Crippen molar-refractivity contribution in [1.29, 1.82) is 0 Å². The van der Waals surface area contributed by atoms with Crippen LogP contribution in [0, 0.1) is 6.92 Å². The molecule has 3 heterocycles. The average Bonchev–Trinajstić information content (AvgIpc) is 3.14. The number of pyridine rings is 1. The Labute approximate surface area is 151 Å². The Bertz CT molecular complexity index is 1010. The summed E-state index contributed by atoms with van der Waals surface area (Å²) in [6.07, 6.45) is 3.18. The highest BCUT2D eigenvalue weighted by molar-refractivity contribution is 7.89. The fraction of sp³-hybridized carbons (Fsp3) is 0.353. The van der Waals surface area contributed by atoms with Crippen molar-refractivity contribution in [3.63, 3.8) is 0 Å². The third-order valence-corrected chi connectivity index (χ3v) is 6.53. The van der Waals surface area contributed by atoms with Gasteiger partial charge in [0.05, 0.1) is 12.1 Å². The van der Waals surface area contributed by atoms with E-state index in [1.165, 1.54) is 6.33 Å². The zero-order valence-electron chi connectivity index (χ0n) is 14.5. The zero-order valence-corrected chi connectivity index (χ0v) is 15.3. The summed E-state index contributed by atoms with van der Waals surface area (Å²) >= 11 is 0. The molecule has 0 bridgehead atoms. The fourth-order valence-electron chi connectivity index (χ4n) is 3.24. The standard InChI is InChI=1S/C17H20N6O2S/c1-13-9-14-3-2-4-15(17(14)18-10-13)26(24,25)23-7-5-22(6-8-23)11-16-19-12-20-21-16/h2-4,9-10,12H,5-8,11H2,1H3,(H,19,20,21). The van der Waals surface area contributed by atoms with E-state index < -0.39 is 10.0 Å². The summed E-state index contributed by atoms with van der Waals surface area (Å²) in [6, 6.07) is 7.26. The lowest BCUT2D eigenvalue weighted by atomic mass is 10.2. The Kier molecular flexibility index (Phi) is 4.43. The first-order chi connectivity index (χ1) is 12.5. The molecule has 136 valence electrons. The molecule has 4 rings (SSSR count). The van der Waals surface area contributed by atoms with Crippen LogP contribution in [0.3, 0.4) is 0 Å². The molecule has 26 heavy (non-hydrogen) atoms. The molecule has 2 aromatic heterocycles. The van der Waals surface area contributed by atoms with Gasteiger partial charge in [-0.3, -0.25) is 15.0 Å². The highest BCUT2D eigenvalue weighted by Crippen LogP contribution is 2.25. The van der Waals surface area contributed by atoms with Gasteiger partial charge in [-0.05, 0) is 24.6 Å². The Morgan fingerprint density at radius 2 is 1.96 bits per heavy atom. The van der Waals surface area contributed by atoms with Crippen LogP contribution < -0.4 is 0 Å². The minimum Gasteiger partial charge on any atom is -0.293 e. The summed E-state index contributed by atoms with van der Waals surface area (Å²) < 4.78 is 27.8. The van der Waals surface area contributed by atoms with Gasteiger partial charge in [0.2, 0.25) is 10.0 Å². The number of nitrogens with zero attached hydrogens (tertiary/aromatic N) is 5. The van der Waals surface area contributed by atoms with E-state index >= 15 is 0 Å². The molecule has 1 N–H and O–H groups in total. The van der Waals surface area contributed by atoms with Gasteiger partial charge in [-0.25, -0.2) is 13.4 Å². The van der Waals surface area contributed by atoms with Gasteiger partial charge in [0, 0.05) is 37.8 Å². The van der Waals surface area contributed by atoms with Crippen molar-refractivity contribution < 1.29 is 8.42 Å². The minimum atomic E-state index is -3.58. The molecule has 0 saturated carbocycles. The second kappa shape index (κ2) is 6.75. The van der Waals surface area contributed by atoms with Crippen LogP contribution in [0.1, 0.15) is 11.4 Å². The molecule has 0 spiro atoms. The summed E-state index contributed by atoms with van der Waals surface area (Å²) in [5, 5.41) is 7.52. The molecule has 1 aliphatic heterocycles. The molecule has 1 aliphatic rings. The van der Waals surface area contributed by atoms with Gasteiger partial charge in [0.1, 0.15) is 17.0 Å². The number of aromatic nitrogens is 4. The second-order valence-corrected chi connectivity index (χ2v) is 8.36. The van der Waals surface area contributed by atoms with Crippen molar-refractivity contribution in [3.05, 3.63) is 48.2 Å². The lowest BCUT2D eigenvalue weighted by Gasteiger charge is -2.33. The van der Waals surface area contributed by atoms with Crippen molar-refractivity contribution in [3.8, 4) is 0 Å². The van der Waals surface area contributed by atoms with Gasteiger partial charge in [0.15, 0.2) is 0 Å². The lowest BCUT2D eigenvalue weighted by molar-refractivity contribution is 0.178. The number of hydrogen-bond donors (Lipinski definition) is 1. The zero-order chi connectivity index (χ0) is 18.1. The van der Waals surface area contributed by atoms with Crippen LogP contribution >= 0.6 is 0 Å². The molecule has 0 atom stereocenters. The topological polar surface area (TPSA) is 95.1 Å². The molecule has 1 aromatic carbocycles. The SMILES string of the molecule is Cc1cnc2c(S(=O)(=O)N3CCN(Cc4ncn[nH]4)CC3)cccc2c1. The van der Waals surface area contributed by atoms with Crippen molar-refractivity contribution in [2.75, 3.05) is 26.2 Å². The van der Waals surface area contributed by atoms with E-state index in [1.807, 2.05) is 19.1 Å². The number of hydrogen-bond acceptors (Lipinski definition) is 6. The van der Waals surface area contributed by atoms with Gasteiger partial charge in [0.25, 0.3) is 0 Å². The second-order valence-electron chi connectivity index (χ2n) is 6.45. The number of sulfonamides is 1. The highest BCUT2D eigenvalue weighted by Gasteiger charge is 2.30. The highest BCUT2D eigenvalue weighted by atomic mass is 32.2. The molecule has 1 saturated heterocycles. The third kappa shape index (κ3) is 3.20. The lowest BCUT2D eigenvalue weighted by Crippen LogP contribution is -2.48. The molecule has 3 aromatic rings. The maximum atomic E-state index is 13.1. The molecule has 8 nitrogen and oxygen atoms in total. The third-order valence-electron chi connectivity index (χ3n) is 4.60. The first-order valence-corrected chi connectivity index (χ1v) is 9.90. The van der Waals surface area contributed by atoms with Gasteiger partial charge < -0.3 is 0 Å². The normalized spacial score (nSPS) is 17.0. The number of piperazine rings is 1. The van der Waals surface area contributed by atoms with Crippen LogP contribution in [0.25, 0.3) is 10.9 Å². The van der Waals surface area contributed by atoms with Crippen LogP contribution in [0.15, 0.2) is 41.7 Å². The predicted molar refractivity (Wildman–Crippen MR) is 96.9 cm³/mol. The van der Waals surface area contributed by atoms with Gasteiger partial charge in [-0.2, -0.15) is 9.40 Å². The number of aromatic amines is 1. The van der Waals surface area contributed by atoms with Crippen LogP contribution in [-0.4, -0.2) is 64.0 Å². The smallest absolute Gasteiger partial charge is 0.245 e.